The van der Waals surface area contributed by atoms with Gasteiger partial charge in [-0.25, -0.2) is 0 Å². The van der Waals surface area contributed by atoms with Gasteiger partial charge in [0.1, 0.15) is 0 Å². The number of benzene rings is 9. The van der Waals surface area contributed by atoms with Crippen LogP contribution in [-0.4, -0.2) is 0 Å². The summed E-state index contributed by atoms with van der Waals surface area (Å²) >= 11 is 0. The van der Waals surface area contributed by atoms with Gasteiger partial charge in [0.15, 0.2) is 0 Å². The van der Waals surface area contributed by atoms with Crippen LogP contribution < -0.4 is 4.90 Å². The number of aryl methyl sites for hydroxylation is 2. The lowest BCUT2D eigenvalue weighted by atomic mass is 9.79. The van der Waals surface area contributed by atoms with Crippen LogP contribution in [0.3, 0.4) is 0 Å². The summed E-state index contributed by atoms with van der Waals surface area (Å²) < 4.78 is 0. The molecule has 0 aromatic heterocycles. The summed E-state index contributed by atoms with van der Waals surface area (Å²) in [5.41, 5.74) is 21.7. The third-order valence-corrected chi connectivity index (χ3v) is 12.5. The lowest BCUT2D eigenvalue weighted by Gasteiger charge is -2.28. The molecule has 0 unspecified atom stereocenters. The summed E-state index contributed by atoms with van der Waals surface area (Å²) in [7, 11) is 0. The molecule has 0 saturated carbocycles. The van der Waals surface area contributed by atoms with Crippen molar-refractivity contribution in [2.45, 2.75) is 33.1 Å². The third kappa shape index (κ3) is 4.67. The zero-order valence-corrected chi connectivity index (χ0v) is 32.2. The number of rotatable bonds is 5. The predicted molar refractivity (Wildman–Crippen MR) is 238 cm³/mol. The highest BCUT2D eigenvalue weighted by atomic mass is 15.1. The summed E-state index contributed by atoms with van der Waals surface area (Å²) in [6.07, 6.45) is 0. The minimum atomic E-state index is -0.234. The maximum Gasteiger partial charge on any atom is 0.0465 e. The summed E-state index contributed by atoms with van der Waals surface area (Å²) in [5.74, 6) is 0. The highest BCUT2D eigenvalue weighted by Gasteiger charge is 2.40. The molecular weight excluding hydrogens is 675 g/mol. The average molecular weight is 716 g/mol. The van der Waals surface area contributed by atoms with Crippen molar-refractivity contribution in [3.8, 4) is 55.6 Å². The maximum atomic E-state index is 2.57. The van der Waals surface area contributed by atoms with E-state index in [2.05, 4.69) is 209 Å². The first kappa shape index (κ1) is 32.7. The van der Waals surface area contributed by atoms with Crippen LogP contribution >= 0.6 is 0 Å². The van der Waals surface area contributed by atoms with Gasteiger partial charge in [0.2, 0.25) is 0 Å². The van der Waals surface area contributed by atoms with Crippen LogP contribution in [-0.2, 0) is 5.41 Å². The molecule has 0 atom stereocenters. The van der Waals surface area contributed by atoms with E-state index >= 15 is 0 Å². The highest BCUT2D eigenvalue weighted by Crippen LogP contribution is 2.62. The van der Waals surface area contributed by atoms with Gasteiger partial charge in [-0.2, -0.15) is 0 Å². The van der Waals surface area contributed by atoms with Crippen molar-refractivity contribution >= 4 is 38.6 Å². The van der Waals surface area contributed by atoms with Gasteiger partial charge in [-0.05, 0) is 145 Å². The fourth-order valence-electron chi connectivity index (χ4n) is 9.85. The number of nitrogens with zero attached hydrogens (tertiary/aromatic N) is 1. The largest absolute Gasteiger partial charge is 0.310 e. The number of hydrogen-bond donors (Lipinski definition) is 0. The van der Waals surface area contributed by atoms with Crippen LogP contribution in [0.25, 0.3) is 77.2 Å². The van der Waals surface area contributed by atoms with Crippen LogP contribution in [0, 0.1) is 13.8 Å². The topological polar surface area (TPSA) is 3.24 Å². The quantitative estimate of drug-likeness (QED) is 0.171. The second-order valence-electron chi connectivity index (χ2n) is 16.2. The first-order chi connectivity index (χ1) is 27.4. The summed E-state index contributed by atoms with van der Waals surface area (Å²) in [6, 6.07) is 65.7. The molecule has 1 nitrogen and oxygen atoms in total. The van der Waals surface area contributed by atoms with Crippen LogP contribution in [0.2, 0.25) is 0 Å². The second kappa shape index (κ2) is 12.2. The zero-order valence-electron chi connectivity index (χ0n) is 32.2. The molecule has 0 radical (unpaired) electrons. The molecule has 9 aromatic rings. The zero-order chi connectivity index (χ0) is 37.7. The van der Waals surface area contributed by atoms with Gasteiger partial charge in [-0.3, -0.25) is 0 Å². The van der Waals surface area contributed by atoms with Crippen molar-refractivity contribution in [3.05, 3.63) is 198 Å². The predicted octanol–water partition coefficient (Wildman–Crippen LogP) is 15.4. The molecule has 0 amide bonds. The summed E-state index contributed by atoms with van der Waals surface area (Å²) in [6.45, 7) is 9.16. The Hall–Kier alpha value is -6.70. The minimum Gasteiger partial charge on any atom is -0.310 e. The van der Waals surface area contributed by atoms with E-state index in [1.807, 2.05) is 0 Å². The monoisotopic (exact) mass is 715 g/mol. The van der Waals surface area contributed by atoms with E-state index in [1.54, 1.807) is 0 Å². The van der Waals surface area contributed by atoms with Crippen molar-refractivity contribution in [3.63, 3.8) is 0 Å². The SMILES string of the molecule is Cc1ccc(N(c2ccc(C)cc2)c2ccc3c(c2)C(C)(C)c2cc4c5c(cccc5c2-3)-c2c-4c(-c3ccccc3)c3ccccc3c2-c2ccccc2)cc1. The fraction of sp³-hybridized carbons (Fsp3) is 0.0909. The van der Waals surface area contributed by atoms with E-state index in [1.165, 1.54) is 105 Å². The third-order valence-electron chi connectivity index (χ3n) is 12.5. The van der Waals surface area contributed by atoms with Gasteiger partial charge >= 0.3 is 0 Å². The molecule has 2 aliphatic carbocycles. The molecule has 0 aliphatic heterocycles. The highest BCUT2D eigenvalue weighted by molar-refractivity contribution is 6.29. The Balaban J connectivity index is 1.19. The Bertz CT molecular complexity index is 2980. The van der Waals surface area contributed by atoms with E-state index < -0.39 is 0 Å². The smallest absolute Gasteiger partial charge is 0.0465 e. The van der Waals surface area contributed by atoms with E-state index in [4.69, 9.17) is 0 Å². The standard InChI is InChI=1S/C55H41N/c1-34-22-26-38(27-23-34)56(39-28-24-35(2)25-29-39)40-30-31-43-47(32-40)55(3,4)48-33-46-51-44(52(43)48)20-13-21-45(51)53-49(36-14-7-5-8-15-36)41-18-11-12-19-42(41)50(54(46)53)37-16-9-6-10-17-37/h5-33H,1-4H3. The van der Waals surface area contributed by atoms with Gasteiger partial charge in [0, 0.05) is 22.5 Å². The lowest BCUT2D eigenvalue weighted by molar-refractivity contribution is 0.661. The molecule has 0 fully saturated rings. The number of anilines is 3. The normalized spacial score (nSPS) is 13.1. The molecule has 1 heteroatoms. The Morgan fingerprint density at radius 3 is 1.43 bits per heavy atom. The average Bonchev–Trinajstić information content (AvgIpc) is 3.68. The van der Waals surface area contributed by atoms with E-state index in [9.17, 15) is 0 Å². The molecule has 0 heterocycles. The lowest BCUT2D eigenvalue weighted by Crippen LogP contribution is -2.16. The molecule has 56 heavy (non-hydrogen) atoms. The Morgan fingerprint density at radius 2 is 0.857 bits per heavy atom. The first-order valence-electron chi connectivity index (χ1n) is 19.8. The van der Waals surface area contributed by atoms with E-state index in [0.29, 0.717) is 0 Å². The van der Waals surface area contributed by atoms with Gasteiger partial charge in [0.25, 0.3) is 0 Å². The Morgan fingerprint density at radius 1 is 0.357 bits per heavy atom. The van der Waals surface area contributed by atoms with Crippen LogP contribution in [0.1, 0.15) is 36.1 Å². The van der Waals surface area contributed by atoms with Crippen molar-refractivity contribution in [2.24, 2.45) is 0 Å². The first-order valence-corrected chi connectivity index (χ1v) is 19.8. The minimum absolute atomic E-state index is 0.234. The van der Waals surface area contributed by atoms with Crippen molar-refractivity contribution in [1.29, 1.82) is 0 Å². The molecule has 0 N–H and O–H groups in total. The molecule has 0 saturated heterocycles. The van der Waals surface area contributed by atoms with Gasteiger partial charge < -0.3 is 4.90 Å². The van der Waals surface area contributed by atoms with Crippen LogP contribution in [0.5, 0.6) is 0 Å². The molecule has 0 bridgehead atoms. The molecule has 0 spiro atoms. The molecule has 266 valence electrons. The maximum absolute atomic E-state index is 2.57. The van der Waals surface area contributed by atoms with Gasteiger partial charge in [-0.1, -0.05) is 158 Å². The molecular formula is C55H41N. The molecule has 2 aliphatic rings. The molecule has 9 aromatic carbocycles. The van der Waals surface area contributed by atoms with Crippen molar-refractivity contribution < 1.29 is 0 Å². The van der Waals surface area contributed by atoms with Gasteiger partial charge in [0.05, 0.1) is 0 Å². The van der Waals surface area contributed by atoms with E-state index in [-0.39, 0.29) is 5.41 Å². The number of fused-ring (bicyclic) bond motifs is 8. The fourth-order valence-corrected chi connectivity index (χ4v) is 9.85. The molecule has 11 rings (SSSR count). The summed E-state index contributed by atoms with van der Waals surface area (Å²) in [4.78, 5) is 2.40. The number of hydrogen-bond acceptors (Lipinski definition) is 1. The van der Waals surface area contributed by atoms with E-state index in [0.717, 1.165) is 11.4 Å². The Kier molecular flexibility index (Phi) is 7.10. The van der Waals surface area contributed by atoms with Gasteiger partial charge in [-0.15, -0.1) is 0 Å². The van der Waals surface area contributed by atoms with Crippen molar-refractivity contribution in [1.82, 2.24) is 0 Å². The van der Waals surface area contributed by atoms with Crippen LogP contribution in [0.4, 0.5) is 17.1 Å². The second-order valence-corrected chi connectivity index (χ2v) is 16.2. The van der Waals surface area contributed by atoms with Crippen molar-refractivity contribution in [2.75, 3.05) is 4.90 Å². The van der Waals surface area contributed by atoms with Crippen LogP contribution in [0.15, 0.2) is 176 Å². The Labute approximate surface area is 329 Å². The summed E-state index contributed by atoms with van der Waals surface area (Å²) in [5, 5.41) is 5.28.